The van der Waals surface area contributed by atoms with E-state index in [2.05, 4.69) is 16.5 Å². The van der Waals surface area contributed by atoms with Crippen LogP contribution >= 0.6 is 0 Å². The molecule has 0 saturated carbocycles. The summed E-state index contributed by atoms with van der Waals surface area (Å²) in [7, 11) is 0. The number of fused-ring (bicyclic) bond motifs is 3. The molecule has 28 heavy (non-hydrogen) atoms. The van der Waals surface area contributed by atoms with E-state index in [1.807, 2.05) is 90.3 Å². The highest BCUT2D eigenvalue weighted by Gasteiger charge is 2.10. The largest absolute Gasteiger partial charge is 0.457 e. The first-order chi connectivity index (χ1) is 13.8. The Morgan fingerprint density at radius 3 is 2.36 bits per heavy atom. The second-order valence-electron chi connectivity index (χ2n) is 6.60. The average Bonchev–Trinajstić information content (AvgIpc) is 3.11. The molecule has 5 aromatic rings. The first kappa shape index (κ1) is 16.3. The number of hydrogen-bond acceptors (Lipinski definition) is 4. The van der Waals surface area contributed by atoms with Gasteiger partial charge in [0.05, 0.1) is 11.2 Å². The summed E-state index contributed by atoms with van der Waals surface area (Å²) in [4.78, 5) is 4.77. The van der Waals surface area contributed by atoms with E-state index in [0.29, 0.717) is 0 Å². The van der Waals surface area contributed by atoms with E-state index >= 15 is 0 Å². The molecule has 136 valence electrons. The third-order valence-corrected chi connectivity index (χ3v) is 4.52. The molecule has 0 unspecified atom stereocenters. The summed E-state index contributed by atoms with van der Waals surface area (Å²) in [6.45, 7) is 1.97. The summed E-state index contributed by atoms with van der Waals surface area (Å²) >= 11 is 0. The third kappa shape index (κ3) is 3.03. The monoisotopic (exact) mass is 366 g/mol. The molecule has 5 heteroatoms. The van der Waals surface area contributed by atoms with Crippen LogP contribution in [-0.4, -0.2) is 14.6 Å². The van der Waals surface area contributed by atoms with Gasteiger partial charge in [0.2, 0.25) is 0 Å². The third-order valence-electron chi connectivity index (χ3n) is 4.52. The Labute approximate surface area is 162 Å². The molecule has 0 atom stereocenters. The number of para-hydroxylation sites is 2. The molecule has 5 nitrogen and oxygen atoms in total. The van der Waals surface area contributed by atoms with Crippen LogP contribution in [0.25, 0.3) is 16.6 Å². The van der Waals surface area contributed by atoms with Crippen molar-refractivity contribution in [2.45, 2.75) is 6.92 Å². The van der Waals surface area contributed by atoms with Crippen molar-refractivity contribution in [1.29, 1.82) is 0 Å². The van der Waals surface area contributed by atoms with Gasteiger partial charge < -0.3 is 10.1 Å². The minimum absolute atomic E-state index is 0.788. The molecule has 2 heterocycles. The van der Waals surface area contributed by atoms with Crippen molar-refractivity contribution < 1.29 is 4.74 Å². The van der Waals surface area contributed by atoms with E-state index in [9.17, 15) is 0 Å². The summed E-state index contributed by atoms with van der Waals surface area (Å²) in [6, 6.07) is 27.7. The topological polar surface area (TPSA) is 51.5 Å². The van der Waals surface area contributed by atoms with Gasteiger partial charge in [-0.2, -0.15) is 5.10 Å². The standard InChI is InChI=1S/C23H18N4O/c1-16-15-22-25-23(20-9-5-6-10-21(20)27(22)26-16)24-17-11-13-19(14-12-17)28-18-7-3-2-4-8-18/h2-15H,1H3,(H,24,25). The molecular weight excluding hydrogens is 348 g/mol. The second kappa shape index (κ2) is 6.70. The average molecular weight is 366 g/mol. The zero-order valence-electron chi connectivity index (χ0n) is 15.3. The lowest BCUT2D eigenvalue weighted by Gasteiger charge is -2.11. The van der Waals surface area contributed by atoms with Gasteiger partial charge in [-0.15, -0.1) is 0 Å². The Morgan fingerprint density at radius 1 is 0.821 bits per heavy atom. The van der Waals surface area contributed by atoms with Gasteiger partial charge in [-0.25, -0.2) is 9.50 Å². The van der Waals surface area contributed by atoms with Crippen LogP contribution in [0.2, 0.25) is 0 Å². The Hall–Kier alpha value is -3.86. The SMILES string of the molecule is Cc1cc2nc(Nc3ccc(Oc4ccccc4)cc3)c3ccccc3n2n1. The van der Waals surface area contributed by atoms with Crippen molar-refractivity contribution in [3.63, 3.8) is 0 Å². The summed E-state index contributed by atoms with van der Waals surface area (Å²) in [5.74, 6) is 2.41. The fraction of sp³-hybridized carbons (Fsp3) is 0.0435. The van der Waals surface area contributed by atoms with Gasteiger partial charge in [0, 0.05) is 17.1 Å². The molecule has 0 spiro atoms. The highest BCUT2D eigenvalue weighted by molar-refractivity contribution is 5.92. The first-order valence-corrected chi connectivity index (χ1v) is 9.11. The maximum Gasteiger partial charge on any atom is 0.158 e. The molecule has 0 aliphatic rings. The van der Waals surface area contributed by atoms with Crippen LogP contribution < -0.4 is 10.1 Å². The number of hydrogen-bond donors (Lipinski definition) is 1. The van der Waals surface area contributed by atoms with Crippen LogP contribution in [0.15, 0.2) is 84.9 Å². The molecule has 0 aliphatic heterocycles. The molecule has 5 rings (SSSR count). The van der Waals surface area contributed by atoms with E-state index < -0.39 is 0 Å². The smallest absolute Gasteiger partial charge is 0.158 e. The molecule has 0 radical (unpaired) electrons. The quantitative estimate of drug-likeness (QED) is 0.441. The Bertz CT molecular complexity index is 1260. The molecule has 3 aromatic carbocycles. The Kier molecular flexibility index (Phi) is 3.91. The van der Waals surface area contributed by atoms with E-state index in [0.717, 1.165) is 45.2 Å². The summed E-state index contributed by atoms with van der Waals surface area (Å²) in [5.41, 5.74) is 3.73. The van der Waals surface area contributed by atoms with Crippen LogP contribution in [0.5, 0.6) is 11.5 Å². The summed E-state index contributed by atoms with van der Waals surface area (Å²) in [5, 5.41) is 9.00. The highest BCUT2D eigenvalue weighted by Crippen LogP contribution is 2.28. The first-order valence-electron chi connectivity index (χ1n) is 9.11. The zero-order chi connectivity index (χ0) is 18.9. The Morgan fingerprint density at radius 2 is 1.54 bits per heavy atom. The van der Waals surface area contributed by atoms with Gasteiger partial charge in [-0.3, -0.25) is 0 Å². The number of nitrogens with zero attached hydrogens (tertiary/aromatic N) is 3. The maximum absolute atomic E-state index is 5.86. The maximum atomic E-state index is 5.86. The van der Waals surface area contributed by atoms with Crippen molar-refractivity contribution >= 4 is 28.1 Å². The van der Waals surface area contributed by atoms with Crippen molar-refractivity contribution in [2.75, 3.05) is 5.32 Å². The van der Waals surface area contributed by atoms with Crippen molar-refractivity contribution in [1.82, 2.24) is 14.6 Å². The fourth-order valence-electron chi connectivity index (χ4n) is 3.24. The van der Waals surface area contributed by atoms with Crippen LogP contribution in [0.1, 0.15) is 5.69 Å². The van der Waals surface area contributed by atoms with Crippen molar-refractivity contribution in [2.24, 2.45) is 0 Å². The van der Waals surface area contributed by atoms with Crippen LogP contribution in [-0.2, 0) is 0 Å². The minimum atomic E-state index is 0.788. The molecule has 0 amide bonds. The predicted molar refractivity (Wildman–Crippen MR) is 111 cm³/mol. The number of rotatable bonds is 4. The van der Waals surface area contributed by atoms with Gasteiger partial charge in [0.1, 0.15) is 17.3 Å². The second-order valence-corrected chi connectivity index (χ2v) is 6.60. The number of aromatic nitrogens is 3. The number of nitrogens with one attached hydrogen (secondary N) is 1. The number of anilines is 2. The van der Waals surface area contributed by atoms with Gasteiger partial charge in [0.15, 0.2) is 5.65 Å². The number of aryl methyl sites for hydroxylation is 1. The number of benzene rings is 3. The summed E-state index contributed by atoms with van der Waals surface area (Å²) in [6.07, 6.45) is 0. The van der Waals surface area contributed by atoms with E-state index in [1.165, 1.54) is 0 Å². The minimum Gasteiger partial charge on any atom is -0.457 e. The molecule has 0 fully saturated rings. The lowest BCUT2D eigenvalue weighted by molar-refractivity contribution is 0.483. The van der Waals surface area contributed by atoms with E-state index in [1.54, 1.807) is 0 Å². The van der Waals surface area contributed by atoms with E-state index in [4.69, 9.17) is 9.72 Å². The lowest BCUT2D eigenvalue weighted by atomic mass is 10.2. The van der Waals surface area contributed by atoms with E-state index in [-0.39, 0.29) is 0 Å². The van der Waals surface area contributed by atoms with Gasteiger partial charge in [-0.05, 0) is 55.5 Å². The van der Waals surface area contributed by atoms with Crippen LogP contribution in [0.4, 0.5) is 11.5 Å². The highest BCUT2D eigenvalue weighted by atomic mass is 16.5. The van der Waals surface area contributed by atoms with Crippen molar-refractivity contribution in [3.8, 4) is 11.5 Å². The molecule has 1 N–H and O–H groups in total. The normalized spacial score (nSPS) is 11.0. The van der Waals surface area contributed by atoms with Crippen molar-refractivity contribution in [3.05, 3.63) is 90.6 Å². The van der Waals surface area contributed by atoms with Gasteiger partial charge in [-0.1, -0.05) is 30.3 Å². The molecule has 2 aromatic heterocycles. The van der Waals surface area contributed by atoms with Gasteiger partial charge in [0.25, 0.3) is 0 Å². The van der Waals surface area contributed by atoms with Crippen LogP contribution in [0, 0.1) is 6.92 Å². The zero-order valence-corrected chi connectivity index (χ0v) is 15.3. The van der Waals surface area contributed by atoms with Crippen LogP contribution in [0.3, 0.4) is 0 Å². The van der Waals surface area contributed by atoms with Gasteiger partial charge >= 0.3 is 0 Å². The fourth-order valence-corrected chi connectivity index (χ4v) is 3.24. The lowest BCUT2D eigenvalue weighted by Crippen LogP contribution is -2.00. The summed E-state index contributed by atoms with van der Waals surface area (Å²) < 4.78 is 7.74. The molecule has 0 saturated heterocycles. The Balaban J connectivity index is 1.47. The predicted octanol–water partition coefficient (Wildman–Crippen LogP) is 5.73. The molecular formula is C23H18N4O. The number of ether oxygens (including phenoxy) is 1. The molecule has 0 aliphatic carbocycles. The molecule has 0 bridgehead atoms.